The average molecular weight is 315 g/mol. The number of rotatable bonds is 4. The highest BCUT2D eigenvalue weighted by atomic mass is 32.2. The van der Waals surface area contributed by atoms with E-state index in [0.29, 0.717) is 16.6 Å². The van der Waals surface area contributed by atoms with Gasteiger partial charge in [-0.15, -0.1) is 0 Å². The number of pyridine rings is 1. The number of urea groups is 1. The van der Waals surface area contributed by atoms with Gasteiger partial charge < -0.3 is 5.32 Å². The molecule has 0 aromatic carbocycles. The molecule has 1 fully saturated rings. The summed E-state index contributed by atoms with van der Waals surface area (Å²) in [6.07, 6.45) is 3.35. The number of carbonyl (C=O) groups is 2. The minimum absolute atomic E-state index is 0.342. The van der Waals surface area contributed by atoms with Crippen molar-refractivity contribution in [2.24, 2.45) is 0 Å². The topological polar surface area (TPSA) is 96.9 Å². The highest BCUT2D eigenvalue weighted by molar-refractivity contribution is 7.99. The SMILES string of the molecule is CC1(CSc2nccc(-c3ccccn3)n2)NC(=O)NC1=O. The molecule has 3 heterocycles. The summed E-state index contributed by atoms with van der Waals surface area (Å²) in [5.41, 5.74) is 0.514. The van der Waals surface area contributed by atoms with E-state index < -0.39 is 11.6 Å². The summed E-state index contributed by atoms with van der Waals surface area (Å²) in [5, 5.41) is 5.36. The Hall–Kier alpha value is -2.48. The first-order chi connectivity index (χ1) is 10.6. The highest BCUT2D eigenvalue weighted by Gasteiger charge is 2.41. The van der Waals surface area contributed by atoms with Gasteiger partial charge in [-0.25, -0.2) is 14.8 Å². The Bertz CT molecular complexity index is 724. The number of nitrogens with zero attached hydrogens (tertiary/aromatic N) is 3. The lowest BCUT2D eigenvalue weighted by molar-refractivity contribution is -0.122. The number of hydrogen-bond acceptors (Lipinski definition) is 6. The quantitative estimate of drug-likeness (QED) is 0.500. The Morgan fingerprint density at radius 1 is 1.14 bits per heavy atom. The number of carbonyl (C=O) groups excluding carboxylic acids is 2. The number of nitrogens with one attached hydrogen (secondary N) is 2. The lowest BCUT2D eigenvalue weighted by atomic mass is 10.1. The van der Waals surface area contributed by atoms with Gasteiger partial charge in [0.25, 0.3) is 5.91 Å². The van der Waals surface area contributed by atoms with E-state index in [1.807, 2.05) is 18.2 Å². The lowest BCUT2D eigenvalue weighted by Crippen LogP contribution is -2.46. The number of thioether (sulfide) groups is 1. The molecule has 0 bridgehead atoms. The molecule has 8 heteroatoms. The van der Waals surface area contributed by atoms with Crippen molar-refractivity contribution in [1.29, 1.82) is 0 Å². The van der Waals surface area contributed by atoms with Crippen molar-refractivity contribution in [3.05, 3.63) is 36.7 Å². The maximum atomic E-state index is 11.8. The van der Waals surface area contributed by atoms with Crippen molar-refractivity contribution in [2.75, 3.05) is 5.75 Å². The summed E-state index contributed by atoms with van der Waals surface area (Å²) in [6.45, 7) is 1.67. The predicted octanol–water partition coefficient (Wildman–Crippen LogP) is 1.23. The normalized spacial score (nSPS) is 20.6. The van der Waals surface area contributed by atoms with Crippen molar-refractivity contribution in [1.82, 2.24) is 25.6 Å². The zero-order valence-corrected chi connectivity index (χ0v) is 12.6. The van der Waals surface area contributed by atoms with Crippen LogP contribution in [-0.4, -0.2) is 38.2 Å². The molecule has 1 aliphatic heterocycles. The third-order valence-electron chi connectivity index (χ3n) is 3.17. The molecule has 1 unspecified atom stereocenters. The summed E-state index contributed by atoms with van der Waals surface area (Å²) in [6, 6.07) is 6.89. The van der Waals surface area contributed by atoms with Gasteiger partial charge in [0.1, 0.15) is 5.54 Å². The first-order valence-electron chi connectivity index (χ1n) is 6.58. The molecule has 0 spiro atoms. The lowest BCUT2D eigenvalue weighted by Gasteiger charge is -2.19. The molecule has 1 saturated heterocycles. The molecule has 7 nitrogen and oxygen atoms in total. The largest absolute Gasteiger partial charge is 0.323 e. The van der Waals surface area contributed by atoms with Gasteiger partial charge in [0, 0.05) is 18.1 Å². The smallest absolute Gasteiger partial charge is 0.322 e. The monoisotopic (exact) mass is 315 g/mol. The minimum atomic E-state index is -0.952. The van der Waals surface area contributed by atoms with Crippen LogP contribution < -0.4 is 10.6 Å². The summed E-state index contributed by atoms with van der Waals surface area (Å²) >= 11 is 1.31. The Kier molecular flexibility index (Phi) is 3.76. The standard InChI is InChI=1S/C14H13N5O2S/c1-14(11(20)18-12(21)19-14)8-22-13-16-7-5-10(17-13)9-4-2-3-6-15-9/h2-7H,8H2,1H3,(H2,18,19,20,21). The van der Waals surface area contributed by atoms with Gasteiger partial charge in [-0.1, -0.05) is 17.8 Å². The van der Waals surface area contributed by atoms with Crippen LogP contribution in [0.4, 0.5) is 4.79 Å². The van der Waals surface area contributed by atoms with Crippen LogP contribution >= 0.6 is 11.8 Å². The van der Waals surface area contributed by atoms with E-state index in [9.17, 15) is 9.59 Å². The minimum Gasteiger partial charge on any atom is -0.323 e. The van der Waals surface area contributed by atoms with Crippen LogP contribution in [-0.2, 0) is 4.79 Å². The van der Waals surface area contributed by atoms with Crippen molar-refractivity contribution in [2.45, 2.75) is 17.6 Å². The molecule has 2 aromatic rings. The Morgan fingerprint density at radius 2 is 2.00 bits per heavy atom. The van der Waals surface area contributed by atoms with Crippen LogP contribution in [0.2, 0.25) is 0 Å². The fourth-order valence-corrected chi connectivity index (χ4v) is 2.88. The number of amides is 3. The van der Waals surface area contributed by atoms with E-state index in [2.05, 4.69) is 25.6 Å². The van der Waals surface area contributed by atoms with E-state index in [4.69, 9.17) is 0 Å². The van der Waals surface area contributed by atoms with Crippen LogP contribution in [0.25, 0.3) is 11.4 Å². The summed E-state index contributed by atoms with van der Waals surface area (Å²) in [4.78, 5) is 35.8. The van der Waals surface area contributed by atoms with Crippen LogP contribution in [0.1, 0.15) is 6.92 Å². The fraction of sp³-hybridized carbons (Fsp3) is 0.214. The Morgan fingerprint density at radius 3 is 2.68 bits per heavy atom. The average Bonchev–Trinajstić information content (AvgIpc) is 2.79. The van der Waals surface area contributed by atoms with Crippen molar-refractivity contribution in [3.8, 4) is 11.4 Å². The van der Waals surface area contributed by atoms with Gasteiger partial charge >= 0.3 is 6.03 Å². The maximum Gasteiger partial charge on any atom is 0.322 e. The molecule has 1 aliphatic rings. The molecule has 0 radical (unpaired) electrons. The zero-order valence-electron chi connectivity index (χ0n) is 11.7. The van der Waals surface area contributed by atoms with Gasteiger partial charge in [-0.3, -0.25) is 15.1 Å². The van der Waals surface area contributed by atoms with Crippen molar-refractivity contribution in [3.63, 3.8) is 0 Å². The molecule has 0 saturated carbocycles. The van der Waals surface area contributed by atoms with Gasteiger partial charge in [-0.05, 0) is 25.1 Å². The molecule has 3 rings (SSSR count). The van der Waals surface area contributed by atoms with Gasteiger partial charge in [-0.2, -0.15) is 0 Å². The van der Waals surface area contributed by atoms with Gasteiger partial charge in [0.05, 0.1) is 11.4 Å². The van der Waals surface area contributed by atoms with Crippen LogP contribution in [0.5, 0.6) is 0 Å². The molecule has 3 amide bonds. The van der Waals surface area contributed by atoms with E-state index in [1.54, 1.807) is 25.4 Å². The predicted molar refractivity (Wildman–Crippen MR) is 81.1 cm³/mol. The number of aromatic nitrogens is 3. The number of hydrogen-bond donors (Lipinski definition) is 2. The van der Waals surface area contributed by atoms with Crippen LogP contribution in [0, 0.1) is 0 Å². The second-order valence-electron chi connectivity index (χ2n) is 4.97. The first-order valence-corrected chi connectivity index (χ1v) is 7.56. The molecule has 2 N–H and O–H groups in total. The summed E-state index contributed by atoms with van der Waals surface area (Å²) in [7, 11) is 0. The molecule has 22 heavy (non-hydrogen) atoms. The van der Waals surface area contributed by atoms with Crippen LogP contribution in [0.3, 0.4) is 0 Å². The highest BCUT2D eigenvalue weighted by Crippen LogP contribution is 2.23. The molecular formula is C14H13N5O2S. The van der Waals surface area contributed by atoms with E-state index in [0.717, 1.165) is 5.69 Å². The molecule has 0 aliphatic carbocycles. The van der Waals surface area contributed by atoms with E-state index >= 15 is 0 Å². The second kappa shape index (κ2) is 5.72. The Labute approximate surface area is 131 Å². The third-order valence-corrected chi connectivity index (χ3v) is 4.34. The molecular weight excluding hydrogens is 302 g/mol. The van der Waals surface area contributed by atoms with E-state index in [1.165, 1.54) is 11.8 Å². The summed E-state index contributed by atoms with van der Waals surface area (Å²) in [5.74, 6) is 0.00172. The van der Waals surface area contributed by atoms with Crippen molar-refractivity contribution >= 4 is 23.7 Å². The zero-order chi connectivity index (χ0) is 15.6. The summed E-state index contributed by atoms with van der Waals surface area (Å²) < 4.78 is 0. The first kappa shape index (κ1) is 14.5. The maximum absolute atomic E-state index is 11.8. The molecule has 1 atom stereocenters. The fourth-order valence-electron chi connectivity index (χ4n) is 1.96. The van der Waals surface area contributed by atoms with E-state index in [-0.39, 0.29) is 5.91 Å². The molecule has 112 valence electrons. The molecule has 2 aromatic heterocycles. The Balaban J connectivity index is 1.74. The number of imide groups is 1. The van der Waals surface area contributed by atoms with Crippen molar-refractivity contribution < 1.29 is 9.59 Å². The second-order valence-corrected chi connectivity index (χ2v) is 5.91. The van der Waals surface area contributed by atoms with Gasteiger partial charge in [0.2, 0.25) is 0 Å². The van der Waals surface area contributed by atoms with Crippen LogP contribution in [0.15, 0.2) is 41.8 Å². The van der Waals surface area contributed by atoms with Gasteiger partial charge in [0.15, 0.2) is 5.16 Å². The third kappa shape index (κ3) is 2.91.